The molecular weight excluding hydrogens is 326 g/mol. The molecule has 0 aliphatic carbocycles. The number of carbonyl (C=O) groups excluding carboxylic acids is 1. The maximum absolute atomic E-state index is 12.0. The summed E-state index contributed by atoms with van der Waals surface area (Å²) in [5, 5.41) is 4.98. The molecule has 1 saturated heterocycles. The van der Waals surface area contributed by atoms with E-state index in [1.54, 1.807) is 22.8 Å². The second-order valence-electron chi connectivity index (χ2n) is 4.56. The molecular formula is C14H12ClN3OS2. The molecule has 0 bridgehead atoms. The minimum absolute atomic E-state index is 0.0146. The molecule has 21 heavy (non-hydrogen) atoms. The van der Waals surface area contributed by atoms with E-state index < -0.39 is 0 Å². The van der Waals surface area contributed by atoms with Crippen molar-refractivity contribution in [2.75, 3.05) is 7.05 Å². The number of hydrogen-bond donors (Lipinski definition) is 1. The molecule has 1 unspecified atom stereocenters. The van der Waals surface area contributed by atoms with Crippen LogP contribution < -0.4 is 0 Å². The van der Waals surface area contributed by atoms with Crippen molar-refractivity contribution in [1.82, 2.24) is 14.7 Å². The molecule has 2 heterocycles. The first-order chi connectivity index (χ1) is 10.0. The average molecular weight is 338 g/mol. The summed E-state index contributed by atoms with van der Waals surface area (Å²) in [5.74, 6) is -0.0146. The number of carbonyl (C=O) groups is 1. The van der Waals surface area contributed by atoms with Gasteiger partial charge >= 0.3 is 0 Å². The molecule has 108 valence electrons. The molecule has 1 aromatic heterocycles. The molecule has 1 amide bonds. The van der Waals surface area contributed by atoms with E-state index in [-0.39, 0.29) is 10.6 Å². The van der Waals surface area contributed by atoms with Gasteiger partial charge in [0.15, 0.2) is 0 Å². The van der Waals surface area contributed by atoms with Crippen LogP contribution in [0.5, 0.6) is 0 Å². The summed E-state index contributed by atoms with van der Waals surface area (Å²) in [6.07, 6.45) is 5.43. The zero-order valence-electron chi connectivity index (χ0n) is 11.1. The van der Waals surface area contributed by atoms with Gasteiger partial charge in [-0.1, -0.05) is 23.4 Å². The van der Waals surface area contributed by atoms with Gasteiger partial charge in [-0.2, -0.15) is 5.10 Å². The minimum Gasteiger partial charge on any atom is -0.320 e. The van der Waals surface area contributed by atoms with E-state index in [4.69, 9.17) is 11.6 Å². The highest BCUT2D eigenvalue weighted by Crippen LogP contribution is 2.36. The molecule has 1 aromatic carbocycles. The van der Waals surface area contributed by atoms with Gasteiger partial charge in [-0.25, -0.2) is 4.68 Å². The summed E-state index contributed by atoms with van der Waals surface area (Å²) in [4.78, 5) is 14.3. The van der Waals surface area contributed by atoms with Crippen LogP contribution in [0, 0.1) is 0 Å². The van der Waals surface area contributed by atoms with E-state index in [2.05, 4.69) is 17.7 Å². The highest BCUT2D eigenvalue weighted by molar-refractivity contribution is 8.14. The minimum atomic E-state index is -0.130. The Balaban J connectivity index is 1.86. The molecule has 4 nitrogen and oxygen atoms in total. The standard InChI is InChI=1S/C14H12ClN3OS2/c1-17-13(19)12(21-14(17)20)6-9-7-16-18(8-9)11-4-2-10(15)3-5-11/h2-8,14,20H,1H3/b12-6-. The van der Waals surface area contributed by atoms with Crippen LogP contribution in [-0.2, 0) is 4.79 Å². The van der Waals surface area contributed by atoms with Crippen molar-refractivity contribution < 1.29 is 4.79 Å². The van der Waals surface area contributed by atoms with Gasteiger partial charge in [0.2, 0.25) is 0 Å². The van der Waals surface area contributed by atoms with Gasteiger partial charge in [-0.15, -0.1) is 12.6 Å². The summed E-state index contributed by atoms with van der Waals surface area (Å²) in [6, 6.07) is 7.40. The lowest BCUT2D eigenvalue weighted by molar-refractivity contribution is -0.123. The number of hydrogen-bond acceptors (Lipinski definition) is 4. The fourth-order valence-electron chi connectivity index (χ4n) is 1.91. The number of benzene rings is 1. The number of thioether (sulfide) groups is 1. The number of thiol groups is 1. The predicted molar refractivity (Wildman–Crippen MR) is 89.7 cm³/mol. The molecule has 3 rings (SSSR count). The van der Waals surface area contributed by atoms with Crippen molar-refractivity contribution in [3.05, 3.63) is 52.2 Å². The van der Waals surface area contributed by atoms with Crippen LogP contribution in [0.1, 0.15) is 5.56 Å². The van der Waals surface area contributed by atoms with E-state index >= 15 is 0 Å². The molecule has 1 aliphatic heterocycles. The first-order valence-corrected chi connectivity index (χ1v) is 7.96. The summed E-state index contributed by atoms with van der Waals surface area (Å²) in [6.45, 7) is 0. The van der Waals surface area contributed by atoms with Gasteiger partial charge in [-0.05, 0) is 30.3 Å². The largest absolute Gasteiger partial charge is 0.320 e. The van der Waals surface area contributed by atoms with Crippen molar-refractivity contribution in [2.45, 2.75) is 4.71 Å². The maximum Gasteiger partial charge on any atom is 0.261 e. The molecule has 0 radical (unpaired) electrons. The monoisotopic (exact) mass is 337 g/mol. The number of nitrogens with zero attached hydrogens (tertiary/aromatic N) is 3. The Hall–Kier alpha value is -1.37. The molecule has 7 heteroatoms. The van der Waals surface area contributed by atoms with Crippen molar-refractivity contribution in [3.8, 4) is 5.69 Å². The Kier molecular flexibility index (Phi) is 4.01. The molecule has 0 saturated carbocycles. The summed E-state index contributed by atoms with van der Waals surface area (Å²) < 4.78 is 1.62. The maximum atomic E-state index is 12.0. The number of rotatable bonds is 2. The van der Waals surface area contributed by atoms with Crippen LogP contribution in [0.4, 0.5) is 0 Å². The van der Waals surface area contributed by atoms with Crippen LogP contribution >= 0.6 is 36.0 Å². The van der Waals surface area contributed by atoms with Gasteiger partial charge in [0.25, 0.3) is 5.91 Å². The Bertz CT molecular complexity index is 711. The van der Waals surface area contributed by atoms with E-state index in [9.17, 15) is 4.79 Å². The lowest BCUT2D eigenvalue weighted by Gasteiger charge is -2.10. The van der Waals surface area contributed by atoms with Crippen molar-refractivity contribution >= 4 is 48.0 Å². The van der Waals surface area contributed by atoms with Crippen LogP contribution in [0.2, 0.25) is 5.02 Å². The van der Waals surface area contributed by atoms with Gasteiger partial charge in [0, 0.05) is 23.8 Å². The quantitative estimate of drug-likeness (QED) is 0.675. The second-order valence-corrected chi connectivity index (χ2v) is 6.96. The summed E-state index contributed by atoms with van der Waals surface area (Å²) in [5.41, 5.74) is 1.79. The predicted octanol–water partition coefficient (Wildman–Crippen LogP) is 3.29. The number of likely N-dealkylation sites (N-methyl/N-ethyl adjacent to an activating group) is 1. The Morgan fingerprint density at radius 3 is 2.71 bits per heavy atom. The molecule has 1 aliphatic rings. The Morgan fingerprint density at radius 2 is 2.10 bits per heavy atom. The first kappa shape index (κ1) is 14.6. The van der Waals surface area contributed by atoms with E-state index in [0.717, 1.165) is 11.3 Å². The Labute approximate surface area is 137 Å². The van der Waals surface area contributed by atoms with Crippen LogP contribution in [-0.4, -0.2) is 32.3 Å². The van der Waals surface area contributed by atoms with Gasteiger partial charge in [-0.3, -0.25) is 4.79 Å². The third kappa shape index (κ3) is 2.97. The number of halogens is 1. The first-order valence-electron chi connectivity index (χ1n) is 6.19. The second kappa shape index (κ2) is 5.79. The normalized spacial score (nSPS) is 20.5. The summed E-state index contributed by atoms with van der Waals surface area (Å²) in [7, 11) is 1.74. The van der Waals surface area contributed by atoms with Gasteiger partial charge in [0.05, 0.1) is 16.8 Å². The zero-order valence-corrected chi connectivity index (χ0v) is 13.6. The van der Waals surface area contributed by atoms with E-state index in [1.165, 1.54) is 11.8 Å². The zero-order chi connectivity index (χ0) is 15.0. The topological polar surface area (TPSA) is 38.1 Å². The highest BCUT2D eigenvalue weighted by Gasteiger charge is 2.30. The third-order valence-corrected chi connectivity index (χ3v) is 5.07. The highest BCUT2D eigenvalue weighted by atomic mass is 35.5. The molecule has 0 N–H and O–H groups in total. The van der Waals surface area contributed by atoms with Gasteiger partial charge < -0.3 is 4.90 Å². The van der Waals surface area contributed by atoms with Crippen molar-refractivity contribution in [3.63, 3.8) is 0 Å². The van der Waals surface area contributed by atoms with E-state index in [0.29, 0.717) is 9.93 Å². The van der Waals surface area contributed by atoms with Crippen LogP contribution in [0.3, 0.4) is 0 Å². The van der Waals surface area contributed by atoms with Gasteiger partial charge in [0.1, 0.15) is 4.71 Å². The molecule has 1 fully saturated rings. The SMILES string of the molecule is CN1C(=O)/C(=C/c2cnn(-c3ccc(Cl)cc3)c2)SC1S. The van der Waals surface area contributed by atoms with Crippen LogP contribution in [0.25, 0.3) is 11.8 Å². The number of aromatic nitrogens is 2. The lowest BCUT2D eigenvalue weighted by atomic mass is 10.3. The fraction of sp³-hybridized carbons (Fsp3) is 0.143. The average Bonchev–Trinajstić information content (AvgIpc) is 3.02. The van der Waals surface area contributed by atoms with Crippen molar-refractivity contribution in [1.29, 1.82) is 0 Å². The Morgan fingerprint density at radius 1 is 1.38 bits per heavy atom. The number of amides is 1. The van der Waals surface area contributed by atoms with E-state index in [1.807, 2.05) is 36.5 Å². The molecule has 2 aromatic rings. The molecule has 1 atom stereocenters. The molecule has 0 spiro atoms. The lowest BCUT2D eigenvalue weighted by Crippen LogP contribution is -2.23. The smallest absolute Gasteiger partial charge is 0.261 e. The van der Waals surface area contributed by atoms with Crippen LogP contribution in [0.15, 0.2) is 41.6 Å². The third-order valence-electron chi connectivity index (χ3n) is 3.09. The summed E-state index contributed by atoms with van der Waals surface area (Å²) >= 11 is 11.6. The fourth-order valence-corrected chi connectivity index (χ4v) is 3.41. The van der Waals surface area contributed by atoms with Crippen molar-refractivity contribution in [2.24, 2.45) is 0 Å².